The molecule has 0 aliphatic carbocycles. The summed E-state index contributed by atoms with van der Waals surface area (Å²) >= 11 is 5.10. The van der Waals surface area contributed by atoms with E-state index in [-0.39, 0.29) is 0 Å². The number of aliphatic hydroxyl groups is 1. The highest BCUT2D eigenvalue weighted by Gasteiger charge is 2.21. The fourth-order valence-electron chi connectivity index (χ4n) is 1.57. The highest BCUT2D eigenvalue weighted by molar-refractivity contribution is 9.10. The Labute approximate surface area is 115 Å². The summed E-state index contributed by atoms with van der Waals surface area (Å²) in [7, 11) is 1.69. The molecule has 1 rings (SSSR count). The van der Waals surface area contributed by atoms with Gasteiger partial charge in [0, 0.05) is 34.8 Å². The van der Waals surface area contributed by atoms with Gasteiger partial charge in [-0.1, -0.05) is 0 Å². The summed E-state index contributed by atoms with van der Waals surface area (Å²) in [6.07, 6.45) is 1.45. The summed E-state index contributed by atoms with van der Waals surface area (Å²) < 4.78 is 6.03. The minimum atomic E-state index is -0.648. The number of ether oxygens (including phenoxy) is 1. The zero-order valence-electron chi connectivity index (χ0n) is 10.3. The maximum atomic E-state index is 10.3. The van der Waals surface area contributed by atoms with Crippen LogP contribution in [-0.4, -0.2) is 37.5 Å². The second-order valence-corrected chi connectivity index (χ2v) is 6.31. The largest absolute Gasteiger partial charge is 0.390 e. The molecule has 0 aliphatic rings. The first-order chi connectivity index (χ1) is 8.03. The Morgan fingerprint density at radius 2 is 2.29 bits per heavy atom. The number of halogens is 1. The van der Waals surface area contributed by atoms with Gasteiger partial charge in [-0.25, -0.2) is 0 Å². The monoisotopic (exact) mass is 321 g/mol. The highest BCUT2D eigenvalue weighted by atomic mass is 79.9. The van der Waals surface area contributed by atoms with Gasteiger partial charge >= 0.3 is 0 Å². The predicted octanol–water partition coefficient (Wildman–Crippen LogP) is 2.43. The molecule has 0 fully saturated rings. The first kappa shape index (κ1) is 15.1. The molecular formula is C12H20BrNO2S. The lowest BCUT2D eigenvalue weighted by Crippen LogP contribution is -2.32. The quantitative estimate of drug-likeness (QED) is 0.722. The van der Waals surface area contributed by atoms with Crippen molar-refractivity contribution < 1.29 is 9.84 Å². The van der Waals surface area contributed by atoms with Crippen LogP contribution in [0.5, 0.6) is 0 Å². The maximum Gasteiger partial charge on any atom is 0.0679 e. The fraction of sp³-hybridized carbons (Fsp3) is 0.667. The van der Waals surface area contributed by atoms with Crippen LogP contribution >= 0.6 is 27.3 Å². The Balaban J connectivity index is 2.25. The summed E-state index contributed by atoms with van der Waals surface area (Å²) in [5.41, 5.74) is -0.648. The van der Waals surface area contributed by atoms with Gasteiger partial charge in [0.2, 0.25) is 0 Å². The lowest BCUT2D eigenvalue weighted by atomic mass is 9.97. The standard InChI is InChI=1S/C12H20BrNO2S/c1-12(15,3-4-14-5-6-16-2)8-11-7-10(13)9-17-11/h7,9,14-15H,3-6,8H2,1-2H3. The van der Waals surface area contributed by atoms with Crippen LogP contribution in [0.3, 0.4) is 0 Å². The van der Waals surface area contributed by atoms with Crippen molar-refractivity contribution in [3.8, 4) is 0 Å². The topological polar surface area (TPSA) is 41.5 Å². The number of hydrogen-bond acceptors (Lipinski definition) is 4. The lowest BCUT2D eigenvalue weighted by Gasteiger charge is -2.22. The van der Waals surface area contributed by atoms with Gasteiger partial charge in [0.15, 0.2) is 0 Å². The van der Waals surface area contributed by atoms with Crippen LogP contribution in [0.1, 0.15) is 18.2 Å². The van der Waals surface area contributed by atoms with Crippen LogP contribution in [0.4, 0.5) is 0 Å². The summed E-state index contributed by atoms with van der Waals surface area (Å²) in [6.45, 7) is 4.23. The molecule has 98 valence electrons. The number of thiophene rings is 1. The van der Waals surface area contributed by atoms with Crippen molar-refractivity contribution >= 4 is 27.3 Å². The van der Waals surface area contributed by atoms with Crippen LogP contribution in [0.25, 0.3) is 0 Å². The van der Waals surface area contributed by atoms with Gasteiger partial charge in [0.25, 0.3) is 0 Å². The molecule has 2 N–H and O–H groups in total. The average Bonchev–Trinajstić information content (AvgIpc) is 2.62. The van der Waals surface area contributed by atoms with Crippen LogP contribution < -0.4 is 5.32 Å². The minimum absolute atomic E-state index is 0.648. The van der Waals surface area contributed by atoms with Crippen LogP contribution in [0.15, 0.2) is 15.9 Å². The second kappa shape index (κ2) is 7.48. The first-order valence-corrected chi connectivity index (χ1v) is 7.36. The van der Waals surface area contributed by atoms with E-state index >= 15 is 0 Å². The van der Waals surface area contributed by atoms with Crippen molar-refractivity contribution in [1.82, 2.24) is 5.32 Å². The zero-order valence-corrected chi connectivity index (χ0v) is 12.7. The molecule has 1 heterocycles. The molecule has 1 aromatic rings. The SMILES string of the molecule is COCCNCCC(C)(O)Cc1cc(Br)cs1. The summed E-state index contributed by atoms with van der Waals surface area (Å²) in [5.74, 6) is 0. The predicted molar refractivity (Wildman–Crippen MR) is 75.7 cm³/mol. The Hall–Kier alpha value is 0.0600. The molecule has 0 saturated carbocycles. The Morgan fingerprint density at radius 1 is 1.53 bits per heavy atom. The Kier molecular flexibility index (Phi) is 6.66. The molecule has 1 unspecified atom stereocenters. The molecule has 1 aromatic heterocycles. The third-order valence-electron chi connectivity index (χ3n) is 2.50. The van der Waals surface area contributed by atoms with E-state index in [1.165, 1.54) is 4.88 Å². The Morgan fingerprint density at radius 3 is 2.88 bits per heavy atom. The lowest BCUT2D eigenvalue weighted by molar-refractivity contribution is 0.0518. The van der Waals surface area contributed by atoms with Gasteiger partial charge in [0.1, 0.15) is 0 Å². The summed E-state index contributed by atoms with van der Waals surface area (Å²) in [5, 5.41) is 15.5. The van der Waals surface area contributed by atoms with E-state index in [0.717, 1.165) is 24.0 Å². The average molecular weight is 322 g/mol. The fourth-order valence-corrected chi connectivity index (χ4v) is 3.20. The van der Waals surface area contributed by atoms with Crippen molar-refractivity contribution in [3.63, 3.8) is 0 Å². The van der Waals surface area contributed by atoms with Crippen LogP contribution in [0.2, 0.25) is 0 Å². The Bertz CT molecular complexity index is 328. The van der Waals surface area contributed by atoms with Crippen molar-refractivity contribution in [1.29, 1.82) is 0 Å². The van der Waals surface area contributed by atoms with Gasteiger partial charge in [-0.05, 0) is 41.9 Å². The summed E-state index contributed by atoms with van der Waals surface area (Å²) in [4.78, 5) is 1.21. The molecule has 1 atom stereocenters. The molecule has 0 saturated heterocycles. The minimum Gasteiger partial charge on any atom is -0.390 e. The third-order valence-corrected chi connectivity index (χ3v) is 4.20. The smallest absolute Gasteiger partial charge is 0.0679 e. The molecular weight excluding hydrogens is 302 g/mol. The highest BCUT2D eigenvalue weighted by Crippen LogP contribution is 2.25. The first-order valence-electron chi connectivity index (χ1n) is 5.68. The van der Waals surface area contributed by atoms with E-state index < -0.39 is 5.60 Å². The molecule has 0 amide bonds. The van der Waals surface area contributed by atoms with Gasteiger partial charge in [0.05, 0.1) is 12.2 Å². The maximum absolute atomic E-state index is 10.3. The van der Waals surface area contributed by atoms with Gasteiger partial charge in [-0.3, -0.25) is 0 Å². The molecule has 0 radical (unpaired) electrons. The molecule has 0 spiro atoms. The van der Waals surface area contributed by atoms with Gasteiger partial charge in [-0.2, -0.15) is 0 Å². The second-order valence-electron chi connectivity index (χ2n) is 4.40. The molecule has 0 aromatic carbocycles. The number of hydrogen-bond donors (Lipinski definition) is 2. The molecule has 5 heteroatoms. The number of nitrogens with one attached hydrogen (secondary N) is 1. The van der Waals surface area contributed by atoms with Crippen molar-refractivity contribution in [3.05, 3.63) is 20.8 Å². The molecule has 0 aliphatic heterocycles. The summed E-state index contributed by atoms with van der Waals surface area (Å²) in [6, 6.07) is 2.07. The van der Waals surface area contributed by atoms with Gasteiger partial charge < -0.3 is 15.2 Å². The van der Waals surface area contributed by atoms with E-state index in [4.69, 9.17) is 4.74 Å². The third kappa shape index (κ3) is 6.52. The normalized spacial score (nSPS) is 14.8. The molecule has 17 heavy (non-hydrogen) atoms. The number of methoxy groups -OCH3 is 1. The van der Waals surface area contributed by atoms with Crippen LogP contribution in [-0.2, 0) is 11.2 Å². The van der Waals surface area contributed by atoms with E-state index in [1.807, 2.05) is 12.3 Å². The van der Waals surface area contributed by atoms with Crippen molar-refractivity contribution in [2.24, 2.45) is 0 Å². The van der Waals surface area contributed by atoms with Crippen molar-refractivity contribution in [2.45, 2.75) is 25.4 Å². The molecule has 0 bridgehead atoms. The number of rotatable bonds is 8. The van der Waals surface area contributed by atoms with E-state index in [1.54, 1.807) is 18.4 Å². The molecule has 3 nitrogen and oxygen atoms in total. The van der Waals surface area contributed by atoms with Crippen LogP contribution in [0, 0.1) is 0 Å². The van der Waals surface area contributed by atoms with Gasteiger partial charge in [-0.15, -0.1) is 11.3 Å². The zero-order chi connectivity index (χ0) is 12.7. The van der Waals surface area contributed by atoms with E-state index in [0.29, 0.717) is 13.0 Å². The van der Waals surface area contributed by atoms with Crippen molar-refractivity contribution in [2.75, 3.05) is 26.8 Å². The van der Waals surface area contributed by atoms with E-state index in [9.17, 15) is 5.11 Å². The van der Waals surface area contributed by atoms with E-state index in [2.05, 4.69) is 27.3 Å².